The third-order valence-electron chi connectivity index (χ3n) is 3.87. The Morgan fingerprint density at radius 3 is 2.33 bits per heavy atom. The Bertz CT molecular complexity index is 385. The Balaban J connectivity index is 3.57. The van der Waals surface area contributed by atoms with E-state index in [0.29, 0.717) is 31.5 Å². The van der Waals surface area contributed by atoms with Gasteiger partial charge in [-0.25, -0.2) is 0 Å². The molecule has 0 saturated heterocycles. The molecule has 0 fully saturated rings. The maximum Gasteiger partial charge on any atom is 0.303 e. The van der Waals surface area contributed by atoms with Gasteiger partial charge in [-0.2, -0.15) is 0 Å². The first-order chi connectivity index (χ1) is 11.6. The number of carboxylic acid groups (broad SMARTS) is 1. The minimum atomic E-state index is -0.836. The molecule has 4 heteroatoms. The predicted molar refractivity (Wildman–Crippen MR) is 98.0 cm³/mol. The molecular weight excluding hydrogens is 304 g/mol. The Kier molecular flexibility index (Phi) is 15.5. The standard InChI is InChI=1S/C20H34O4/c1-2-3-4-5-6-9-13-18(21)14-10-7-8-11-15-19(22)16-12-17-20(23)24/h7-8,11,15,19,22H,2-6,9-10,12-14,16-17H2,1H3,(H,23,24). The first-order valence-electron chi connectivity index (χ1n) is 9.31. The lowest BCUT2D eigenvalue weighted by atomic mass is 10.1. The molecule has 0 aromatic carbocycles. The molecule has 4 nitrogen and oxygen atoms in total. The van der Waals surface area contributed by atoms with Gasteiger partial charge in [0.2, 0.25) is 0 Å². The van der Waals surface area contributed by atoms with E-state index in [0.717, 1.165) is 19.3 Å². The zero-order valence-electron chi connectivity index (χ0n) is 15.1. The second kappa shape index (κ2) is 16.4. The van der Waals surface area contributed by atoms with Crippen molar-refractivity contribution in [1.29, 1.82) is 0 Å². The van der Waals surface area contributed by atoms with Crippen molar-refractivity contribution >= 4 is 11.8 Å². The molecule has 138 valence electrons. The number of aliphatic hydroxyl groups excluding tert-OH is 1. The normalized spacial score (nSPS) is 12.9. The highest BCUT2D eigenvalue weighted by Gasteiger charge is 2.02. The maximum atomic E-state index is 11.7. The molecule has 0 heterocycles. The number of carbonyl (C=O) groups is 2. The summed E-state index contributed by atoms with van der Waals surface area (Å²) in [6.07, 6.45) is 16.8. The third kappa shape index (κ3) is 16.9. The fraction of sp³-hybridized carbons (Fsp3) is 0.700. The predicted octanol–water partition coefficient (Wildman–Crippen LogP) is 4.81. The van der Waals surface area contributed by atoms with Crippen molar-refractivity contribution in [2.45, 2.75) is 90.1 Å². The second-order valence-corrected chi connectivity index (χ2v) is 6.26. The molecule has 0 bridgehead atoms. The molecular formula is C20H34O4. The highest BCUT2D eigenvalue weighted by Crippen LogP contribution is 2.09. The van der Waals surface area contributed by atoms with Crippen molar-refractivity contribution in [3.63, 3.8) is 0 Å². The van der Waals surface area contributed by atoms with Crippen LogP contribution in [0.4, 0.5) is 0 Å². The molecule has 2 N–H and O–H groups in total. The Morgan fingerprint density at radius 2 is 1.62 bits per heavy atom. The first kappa shape index (κ1) is 22.6. The molecule has 0 aliphatic heterocycles. The van der Waals surface area contributed by atoms with Gasteiger partial charge >= 0.3 is 5.97 Å². The molecule has 0 aliphatic carbocycles. The van der Waals surface area contributed by atoms with E-state index in [1.807, 2.05) is 12.2 Å². The highest BCUT2D eigenvalue weighted by atomic mass is 16.4. The van der Waals surface area contributed by atoms with Gasteiger partial charge in [-0.15, -0.1) is 0 Å². The lowest BCUT2D eigenvalue weighted by Crippen LogP contribution is -2.03. The van der Waals surface area contributed by atoms with Gasteiger partial charge in [0, 0.05) is 19.3 Å². The van der Waals surface area contributed by atoms with E-state index in [4.69, 9.17) is 5.11 Å². The van der Waals surface area contributed by atoms with Crippen LogP contribution in [0.5, 0.6) is 0 Å². The van der Waals surface area contributed by atoms with Gasteiger partial charge < -0.3 is 10.2 Å². The monoisotopic (exact) mass is 338 g/mol. The summed E-state index contributed by atoms with van der Waals surface area (Å²) in [5.41, 5.74) is 0. The summed E-state index contributed by atoms with van der Waals surface area (Å²) in [7, 11) is 0. The van der Waals surface area contributed by atoms with Gasteiger partial charge in [-0.3, -0.25) is 9.59 Å². The number of unbranched alkanes of at least 4 members (excludes halogenated alkanes) is 5. The van der Waals surface area contributed by atoms with E-state index in [1.54, 1.807) is 12.2 Å². The van der Waals surface area contributed by atoms with Crippen LogP contribution < -0.4 is 0 Å². The average Bonchev–Trinajstić information content (AvgIpc) is 2.53. The third-order valence-corrected chi connectivity index (χ3v) is 3.87. The highest BCUT2D eigenvalue weighted by molar-refractivity contribution is 5.78. The summed E-state index contributed by atoms with van der Waals surface area (Å²) >= 11 is 0. The molecule has 0 aromatic heterocycles. The topological polar surface area (TPSA) is 74.6 Å². The summed E-state index contributed by atoms with van der Waals surface area (Å²) in [6.45, 7) is 2.20. The number of Topliss-reactive ketones (excluding diaryl/α,β-unsaturated/α-hetero) is 1. The number of hydrogen-bond donors (Lipinski definition) is 2. The number of rotatable bonds is 16. The number of hydrogen-bond acceptors (Lipinski definition) is 3. The lowest BCUT2D eigenvalue weighted by Gasteiger charge is -2.02. The second-order valence-electron chi connectivity index (χ2n) is 6.26. The van der Waals surface area contributed by atoms with Crippen LogP contribution in [0.15, 0.2) is 24.3 Å². The number of ketones is 1. The summed E-state index contributed by atoms with van der Waals surface area (Å²) in [5.74, 6) is -0.510. The van der Waals surface area contributed by atoms with Crippen LogP contribution in [-0.2, 0) is 9.59 Å². The van der Waals surface area contributed by atoms with Crippen LogP contribution in [0.1, 0.15) is 84.0 Å². The van der Waals surface area contributed by atoms with Crippen molar-refractivity contribution in [3.05, 3.63) is 24.3 Å². The molecule has 0 aromatic rings. The average molecular weight is 338 g/mol. The number of aliphatic carboxylic acids is 1. The lowest BCUT2D eigenvalue weighted by molar-refractivity contribution is -0.137. The fourth-order valence-corrected chi connectivity index (χ4v) is 2.40. The van der Waals surface area contributed by atoms with Gasteiger partial charge in [0.25, 0.3) is 0 Å². The van der Waals surface area contributed by atoms with Crippen LogP contribution in [-0.4, -0.2) is 28.1 Å². The SMILES string of the molecule is CCCCCCCCC(=O)CCC=CC=CC(O)CCCC(=O)O. The molecule has 24 heavy (non-hydrogen) atoms. The van der Waals surface area contributed by atoms with Crippen LogP contribution >= 0.6 is 0 Å². The van der Waals surface area contributed by atoms with Crippen LogP contribution in [0.3, 0.4) is 0 Å². The van der Waals surface area contributed by atoms with E-state index in [-0.39, 0.29) is 6.42 Å². The van der Waals surface area contributed by atoms with Crippen molar-refractivity contribution in [2.75, 3.05) is 0 Å². The Morgan fingerprint density at radius 1 is 0.917 bits per heavy atom. The largest absolute Gasteiger partial charge is 0.481 e. The van der Waals surface area contributed by atoms with Gasteiger partial charge in [-0.1, -0.05) is 63.3 Å². The fourth-order valence-electron chi connectivity index (χ4n) is 2.40. The van der Waals surface area contributed by atoms with Gasteiger partial charge in [-0.05, 0) is 25.7 Å². The zero-order chi connectivity index (χ0) is 18.0. The van der Waals surface area contributed by atoms with E-state index in [9.17, 15) is 14.7 Å². The smallest absolute Gasteiger partial charge is 0.303 e. The van der Waals surface area contributed by atoms with Crippen LogP contribution in [0.25, 0.3) is 0 Å². The number of carbonyl (C=O) groups excluding carboxylic acids is 1. The summed E-state index contributed by atoms with van der Waals surface area (Å²) in [6, 6.07) is 0. The van der Waals surface area contributed by atoms with Crippen LogP contribution in [0.2, 0.25) is 0 Å². The zero-order valence-corrected chi connectivity index (χ0v) is 15.1. The maximum absolute atomic E-state index is 11.7. The van der Waals surface area contributed by atoms with E-state index in [1.165, 1.54) is 25.7 Å². The van der Waals surface area contributed by atoms with E-state index in [2.05, 4.69) is 6.92 Å². The number of carboxylic acids is 1. The van der Waals surface area contributed by atoms with Crippen LogP contribution in [0, 0.1) is 0 Å². The van der Waals surface area contributed by atoms with Gasteiger partial charge in [0.1, 0.15) is 5.78 Å². The van der Waals surface area contributed by atoms with Gasteiger partial charge in [0.05, 0.1) is 6.10 Å². The van der Waals surface area contributed by atoms with Crippen molar-refractivity contribution in [1.82, 2.24) is 0 Å². The minimum absolute atomic E-state index is 0.0848. The summed E-state index contributed by atoms with van der Waals surface area (Å²) in [4.78, 5) is 22.1. The number of allylic oxidation sites excluding steroid dienone is 3. The molecule has 0 amide bonds. The Hall–Kier alpha value is -1.42. The molecule has 0 radical (unpaired) electrons. The summed E-state index contributed by atoms with van der Waals surface area (Å²) in [5, 5.41) is 18.1. The molecule has 0 spiro atoms. The Labute approximate surface area is 146 Å². The quantitative estimate of drug-likeness (QED) is 0.313. The number of aliphatic hydroxyl groups is 1. The van der Waals surface area contributed by atoms with E-state index >= 15 is 0 Å². The van der Waals surface area contributed by atoms with E-state index < -0.39 is 12.1 Å². The molecule has 1 atom stereocenters. The van der Waals surface area contributed by atoms with Crippen molar-refractivity contribution < 1.29 is 19.8 Å². The van der Waals surface area contributed by atoms with Crippen molar-refractivity contribution in [2.24, 2.45) is 0 Å². The summed E-state index contributed by atoms with van der Waals surface area (Å²) < 4.78 is 0. The first-order valence-corrected chi connectivity index (χ1v) is 9.31. The van der Waals surface area contributed by atoms with Crippen molar-refractivity contribution in [3.8, 4) is 0 Å². The molecule has 0 saturated carbocycles. The molecule has 0 rings (SSSR count). The van der Waals surface area contributed by atoms with Gasteiger partial charge in [0.15, 0.2) is 0 Å². The minimum Gasteiger partial charge on any atom is -0.481 e. The molecule has 0 aliphatic rings. The molecule has 1 unspecified atom stereocenters.